The Balaban J connectivity index is 1.59. The largest absolute Gasteiger partial charge is 0.497 e. The highest BCUT2D eigenvalue weighted by Gasteiger charge is 2.32. The quantitative estimate of drug-likeness (QED) is 0.455. The Morgan fingerprint density at radius 2 is 1.97 bits per heavy atom. The second kappa shape index (κ2) is 8.91. The number of nitrogens with one attached hydrogen (secondary N) is 1. The molecule has 0 bridgehead atoms. The van der Waals surface area contributed by atoms with Crippen LogP contribution in [0.25, 0.3) is 11.7 Å². The molecule has 3 aromatic rings. The smallest absolute Gasteiger partial charge is 0.267 e. The van der Waals surface area contributed by atoms with Gasteiger partial charge in [0.2, 0.25) is 0 Å². The first kappa shape index (κ1) is 21.1. The highest BCUT2D eigenvalue weighted by Crippen LogP contribution is 2.33. The molecule has 1 amide bonds. The molecule has 4 rings (SSSR count). The number of fused-ring (bicyclic) bond motifs is 1. The summed E-state index contributed by atoms with van der Waals surface area (Å²) in [7, 11) is 3.32. The molecule has 0 unspecified atom stereocenters. The van der Waals surface area contributed by atoms with E-state index >= 15 is 0 Å². The van der Waals surface area contributed by atoms with E-state index in [1.165, 1.54) is 16.2 Å². The molecule has 7 nitrogen and oxygen atoms in total. The van der Waals surface area contributed by atoms with Crippen LogP contribution in [0.1, 0.15) is 11.1 Å². The van der Waals surface area contributed by atoms with Crippen LogP contribution in [-0.2, 0) is 11.2 Å². The Morgan fingerprint density at radius 3 is 2.68 bits per heavy atom. The van der Waals surface area contributed by atoms with E-state index in [1.54, 1.807) is 43.5 Å². The number of nitrogens with zero attached hydrogens (tertiary/aromatic N) is 3. The summed E-state index contributed by atoms with van der Waals surface area (Å²) in [6, 6.07) is 13.0. The summed E-state index contributed by atoms with van der Waals surface area (Å²) in [4.78, 5) is 32.4. The zero-order valence-corrected chi connectivity index (χ0v) is 18.6. The monoisotopic (exact) mass is 452 g/mol. The summed E-state index contributed by atoms with van der Waals surface area (Å²) < 4.78 is 7.11. The first-order chi connectivity index (χ1) is 15.0. The van der Waals surface area contributed by atoms with Crippen molar-refractivity contribution in [3.8, 4) is 5.75 Å². The van der Waals surface area contributed by atoms with Crippen molar-refractivity contribution < 1.29 is 9.53 Å². The minimum absolute atomic E-state index is 0.205. The van der Waals surface area contributed by atoms with Gasteiger partial charge in [-0.3, -0.25) is 18.9 Å². The Labute approximate surface area is 188 Å². The first-order valence-electron chi connectivity index (χ1n) is 9.59. The molecule has 158 valence electrons. The standard InChI is InChI=1S/C22H20N4O3S2/c1-23-19-16(20(27)25-11-4-3-5-18(25)24-19)13-17-21(28)26(22(30)31-17)12-10-14-6-8-15(29-2)9-7-14/h3-9,11,13,23H,10,12H2,1-2H3/b17-13-. The van der Waals surface area contributed by atoms with Gasteiger partial charge in [-0.05, 0) is 42.3 Å². The number of thioether (sulfide) groups is 1. The number of ether oxygens (including phenoxy) is 1. The molecule has 1 aliphatic rings. The predicted molar refractivity (Wildman–Crippen MR) is 128 cm³/mol. The number of anilines is 1. The van der Waals surface area contributed by atoms with E-state index < -0.39 is 0 Å². The topological polar surface area (TPSA) is 75.9 Å². The summed E-state index contributed by atoms with van der Waals surface area (Å²) in [5, 5.41) is 2.95. The molecular formula is C22H20N4O3S2. The van der Waals surface area contributed by atoms with E-state index in [2.05, 4.69) is 10.3 Å². The molecule has 1 N–H and O–H groups in total. The van der Waals surface area contributed by atoms with E-state index in [9.17, 15) is 9.59 Å². The maximum Gasteiger partial charge on any atom is 0.267 e. The minimum atomic E-state index is -0.251. The molecular weight excluding hydrogens is 432 g/mol. The fraction of sp³-hybridized carbons (Fsp3) is 0.182. The number of benzene rings is 1. The molecule has 1 fully saturated rings. The fourth-order valence-electron chi connectivity index (χ4n) is 3.28. The number of hydrogen-bond acceptors (Lipinski definition) is 7. The van der Waals surface area contributed by atoms with Gasteiger partial charge >= 0.3 is 0 Å². The van der Waals surface area contributed by atoms with Gasteiger partial charge in [-0.25, -0.2) is 4.98 Å². The molecule has 0 atom stereocenters. The van der Waals surface area contributed by atoms with E-state index in [-0.39, 0.29) is 11.5 Å². The summed E-state index contributed by atoms with van der Waals surface area (Å²) in [6.45, 7) is 0.460. The van der Waals surface area contributed by atoms with Gasteiger partial charge in [0, 0.05) is 19.8 Å². The van der Waals surface area contributed by atoms with Gasteiger partial charge in [-0.2, -0.15) is 0 Å². The van der Waals surface area contributed by atoms with Gasteiger partial charge in [0.15, 0.2) is 0 Å². The predicted octanol–water partition coefficient (Wildman–Crippen LogP) is 3.19. The number of pyridine rings is 1. The third-order valence-electron chi connectivity index (χ3n) is 4.94. The lowest BCUT2D eigenvalue weighted by Gasteiger charge is -2.14. The second-order valence-electron chi connectivity index (χ2n) is 6.79. The van der Waals surface area contributed by atoms with Crippen LogP contribution in [0.4, 0.5) is 5.82 Å². The average molecular weight is 453 g/mol. The highest BCUT2D eigenvalue weighted by atomic mass is 32.2. The number of hydrogen-bond donors (Lipinski definition) is 1. The third kappa shape index (κ3) is 4.19. The van der Waals surface area contributed by atoms with Crippen LogP contribution in [-0.4, -0.2) is 45.2 Å². The first-order valence-corrected chi connectivity index (χ1v) is 10.8. The fourth-order valence-corrected chi connectivity index (χ4v) is 4.57. The van der Waals surface area contributed by atoms with Crippen LogP contribution in [0.15, 0.2) is 58.4 Å². The maximum atomic E-state index is 13.0. The lowest BCUT2D eigenvalue weighted by atomic mass is 10.1. The highest BCUT2D eigenvalue weighted by molar-refractivity contribution is 8.26. The Bertz CT molecular complexity index is 1250. The average Bonchev–Trinajstić information content (AvgIpc) is 3.06. The van der Waals surface area contributed by atoms with Crippen molar-refractivity contribution in [3.63, 3.8) is 0 Å². The number of carbonyl (C=O) groups excluding carboxylic acids is 1. The van der Waals surface area contributed by atoms with Gasteiger partial charge in [0.05, 0.1) is 17.6 Å². The number of carbonyl (C=O) groups is 1. The zero-order valence-electron chi connectivity index (χ0n) is 17.0. The summed E-state index contributed by atoms with van der Waals surface area (Å²) >= 11 is 6.63. The van der Waals surface area contributed by atoms with E-state index in [1.807, 2.05) is 30.3 Å². The van der Waals surface area contributed by atoms with Crippen molar-refractivity contribution in [2.45, 2.75) is 6.42 Å². The van der Waals surface area contributed by atoms with Crippen molar-refractivity contribution in [1.29, 1.82) is 0 Å². The maximum absolute atomic E-state index is 13.0. The van der Waals surface area contributed by atoms with Crippen molar-refractivity contribution in [1.82, 2.24) is 14.3 Å². The lowest BCUT2D eigenvalue weighted by Crippen LogP contribution is -2.30. The zero-order chi connectivity index (χ0) is 22.0. The minimum Gasteiger partial charge on any atom is -0.497 e. The van der Waals surface area contributed by atoms with Crippen molar-refractivity contribution in [2.75, 3.05) is 26.0 Å². The van der Waals surface area contributed by atoms with Crippen molar-refractivity contribution >= 4 is 51.7 Å². The SMILES string of the molecule is CNc1nc2ccccn2c(=O)c1/C=C1\SC(=S)N(CCc2ccc(OC)cc2)C1=O. The molecule has 0 radical (unpaired) electrons. The van der Waals surface area contributed by atoms with Crippen LogP contribution in [0.5, 0.6) is 5.75 Å². The molecule has 0 saturated carbocycles. The third-order valence-corrected chi connectivity index (χ3v) is 6.32. The number of thiocarbonyl (C=S) groups is 1. The molecule has 9 heteroatoms. The van der Waals surface area contributed by atoms with Crippen molar-refractivity contribution in [2.24, 2.45) is 0 Å². The molecule has 3 heterocycles. The van der Waals surface area contributed by atoms with E-state index in [4.69, 9.17) is 17.0 Å². The van der Waals surface area contributed by atoms with Crippen LogP contribution in [0.3, 0.4) is 0 Å². The summed E-state index contributed by atoms with van der Waals surface area (Å²) in [5.74, 6) is 0.996. The van der Waals surface area contributed by atoms with E-state index in [0.29, 0.717) is 39.2 Å². The molecule has 0 spiro atoms. The number of aromatic nitrogens is 2. The second-order valence-corrected chi connectivity index (χ2v) is 8.47. The van der Waals surface area contributed by atoms with Gasteiger partial charge in [-0.15, -0.1) is 0 Å². The normalized spacial score (nSPS) is 15.2. The summed E-state index contributed by atoms with van der Waals surface area (Å²) in [5.41, 5.74) is 1.68. The molecule has 31 heavy (non-hydrogen) atoms. The molecule has 1 aliphatic heterocycles. The number of amides is 1. The van der Waals surface area contributed by atoms with Crippen LogP contribution in [0.2, 0.25) is 0 Å². The number of rotatable bonds is 6. The van der Waals surface area contributed by atoms with Gasteiger partial charge < -0.3 is 10.1 Å². The molecule has 0 aliphatic carbocycles. The van der Waals surface area contributed by atoms with Crippen LogP contribution >= 0.6 is 24.0 Å². The Morgan fingerprint density at radius 1 is 1.19 bits per heavy atom. The Kier molecular flexibility index (Phi) is 6.06. The van der Waals surface area contributed by atoms with Crippen molar-refractivity contribution in [3.05, 3.63) is 75.0 Å². The Hall–Kier alpha value is -3.17. The number of methoxy groups -OCH3 is 1. The lowest BCUT2D eigenvalue weighted by molar-refractivity contribution is -0.122. The molecule has 1 saturated heterocycles. The van der Waals surface area contributed by atoms with Gasteiger partial charge in [0.25, 0.3) is 11.5 Å². The van der Waals surface area contributed by atoms with Gasteiger partial charge in [-0.1, -0.05) is 42.2 Å². The van der Waals surface area contributed by atoms with E-state index in [0.717, 1.165) is 11.3 Å². The van der Waals surface area contributed by atoms with Gasteiger partial charge in [0.1, 0.15) is 21.5 Å². The van der Waals surface area contributed by atoms with Crippen LogP contribution in [0, 0.1) is 0 Å². The molecule has 2 aromatic heterocycles. The van der Waals surface area contributed by atoms with Crippen LogP contribution < -0.4 is 15.6 Å². The molecule has 1 aromatic carbocycles. The summed E-state index contributed by atoms with van der Waals surface area (Å²) in [6.07, 6.45) is 3.89.